The van der Waals surface area contributed by atoms with Gasteiger partial charge in [-0.25, -0.2) is 9.48 Å². The van der Waals surface area contributed by atoms with Crippen molar-refractivity contribution in [3.8, 4) is 34.9 Å². The quantitative estimate of drug-likeness (QED) is 0.443. The zero-order chi connectivity index (χ0) is 21.7. The number of aromatic nitrogens is 2. The molecule has 3 aromatic rings. The molecule has 6 nitrogen and oxygen atoms in total. The molecule has 30 heavy (non-hydrogen) atoms. The number of hydrogen-bond donors (Lipinski definition) is 2. The Morgan fingerprint density at radius 2 is 1.87 bits per heavy atom. The third kappa shape index (κ3) is 4.48. The second-order valence-electron chi connectivity index (χ2n) is 6.18. The Balaban J connectivity index is 2.14. The van der Waals surface area contributed by atoms with Crippen LogP contribution in [0.15, 0.2) is 42.5 Å². The lowest BCUT2D eigenvalue weighted by molar-refractivity contribution is 0.0686. The van der Waals surface area contributed by atoms with Gasteiger partial charge in [0.05, 0.1) is 29.1 Å². The predicted molar refractivity (Wildman–Crippen MR) is 114 cm³/mol. The average molecular weight is 440 g/mol. The molecule has 2 N–H and O–H groups in total. The van der Waals surface area contributed by atoms with E-state index in [1.165, 1.54) is 10.7 Å². The minimum absolute atomic E-state index is 0.168. The van der Waals surface area contributed by atoms with Crippen LogP contribution >= 0.6 is 23.2 Å². The first-order chi connectivity index (χ1) is 14.5. The third-order valence-electron chi connectivity index (χ3n) is 4.23. The van der Waals surface area contributed by atoms with Crippen molar-refractivity contribution >= 4 is 29.2 Å². The van der Waals surface area contributed by atoms with Crippen LogP contribution in [0.5, 0.6) is 0 Å². The van der Waals surface area contributed by atoms with Crippen LogP contribution in [0.3, 0.4) is 0 Å². The van der Waals surface area contributed by atoms with Gasteiger partial charge in [0.15, 0.2) is 5.69 Å². The highest BCUT2D eigenvalue weighted by atomic mass is 35.5. The lowest BCUT2D eigenvalue weighted by atomic mass is 10.0. The lowest BCUT2D eigenvalue weighted by Gasteiger charge is -2.11. The van der Waals surface area contributed by atoms with E-state index in [0.29, 0.717) is 34.8 Å². The van der Waals surface area contributed by atoms with Gasteiger partial charge in [-0.15, -0.1) is 0 Å². The van der Waals surface area contributed by atoms with Crippen molar-refractivity contribution in [2.75, 3.05) is 0 Å². The second kappa shape index (κ2) is 9.47. The van der Waals surface area contributed by atoms with Gasteiger partial charge in [-0.1, -0.05) is 47.2 Å². The lowest BCUT2D eigenvalue weighted by Crippen LogP contribution is -2.03. The van der Waals surface area contributed by atoms with Crippen LogP contribution in [-0.2, 0) is 6.61 Å². The Bertz CT molecular complexity index is 1200. The van der Waals surface area contributed by atoms with Crippen LogP contribution < -0.4 is 0 Å². The number of carboxylic acid groups (broad SMARTS) is 1. The SMILES string of the molecule is N#CCCC#Cc1ccc(-c2c(CO)c(C(=O)O)nn2-c2ccc(Cl)cc2Cl)cc1. The zero-order valence-electron chi connectivity index (χ0n) is 15.6. The van der Waals surface area contributed by atoms with E-state index in [9.17, 15) is 15.0 Å². The van der Waals surface area contributed by atoms with E-state index in [2.05, 4.69) is 16.9 Å². The molecule has 0 atom stereocenters. The number of carboxylic acids is 1. The first kappa shape index (κ1) is 21.4. The van der Waals surface area contributed by atoms with Gasteiger partial charge in [-0.05, 0) is 30.3 Å². The number of rotatable bonds is 5. The summed E-state index contributed by atoms with van der Waals surface area (Å²) in [5.41, 5.74) is 2.12. The molecule has 0 aliphatic rings. The molecule has 0 radical (unpaired) electrons. The van der Waals surface area contributed by atoms with Crippen molar-refractivity contribution in [2.24, 2.45) is 0 Å². The van der Waals surface area contributed by atoms with Crippen LogP contribution in [0.2, 0.25) is 10.0 Å². The van der Waals surface area contributed by atoms with Gasteiger partial charge in [0.1, 0.15) is 0 Å². The topological polar surface area (TPSA) is 99.1 Å². The minimum Gasteiger partial charge on any atom is -0.476 e. The highest BCUT2D eigenvalue weighted by Crippen LogP contribution is 2.33. The Kier molecular flexibility index (Phi) is 6.76. The van der Waals surface area contributed by atoms with Crippen molar-refractivity contribution in [3.05, 3.63) is 69.3 Å². The maximum absolute atomic E-state index is 11.7. The molecule has 3 rings (SSSR count). The monoisotopic (exact) mass is 439 g/mol. The van der Waals surface area contributed by atoms with E-state index < -0.39 is 12.6 Å². The summed E-state index contributed by atoms with van der Waals surface area (Å²) in [5.74, 6) is 4.62. The molecule has 0 aliphatic carbocycles. The molecule has 0 spiro atoms. The first-order valence-corrected chi connectivity index (χ1v) is 9.59. The molecule has 0 unspecified atom stereocenters. The van der Waals surface area contributed by atoms with E-state index in [4.69, 9.17) is 28.5 Å². The van der Waals surface area contributed by atoms with Gasteiger partial charge in [0.25, 0.3) is 0 Å². The van der Waals surface area contributed by atoms with E-state index in [-0.39, 0.29) is 16.3 Å². The fraction of sp³-hybridized carbons (Fsp3) is 0.136. The van der Waals surface area contributed by atoms with Crippen LogP contribution in [-0.4, -0.2) is 26.0 Å². The summed E-state index contributed by atoms with van der Waals surface area (Å²) in [7, 11) is 0. The molecule has 0 fully saturated rings. The second-order valence-corrected chi connectivity index (χ2v) is 7.03. The Hall–Kier alpha value is -3.29. The normalized spacial score (nSPS) is 10.2. The van der Waals surface area contributed by atoms with Crippen LogP contribution in [0.1, 0.15) is 34.5 Å². The number of unbranched alkanes of at least 4 members (excludes halogenated alkanes) is 1. The molecule has 1 heterocycles. The molecule has 1 aromatic heterocycles. The predicted octanol–water partition coefficient (Wildman–Crippen LogP) is 4.69. The number of benzene rings is 2. The standard InChI is InChI=1S/C22H15Cl2N3O3/c23-16-9-10-19(18(24)12-16)27-21(17(13-28)20(26-27)22(29)30)15-7-5-14(6-8-15)4-2-1-3-11-25/h5-10,12,28H,1,3,13H2,(H,29,30). The number of carbonyl (C=O) groups is 1. The fourth-order valence-corrected chi connectivity index (χ4v) is 3.38. The molecular formula is C22H15Cl2N3O3. The van der Waals surface area contributed by atoms with Gasteiger partial charge >= 0.3 is 5.97 Å². The molecule has 0 saturated carbocycles. The third-order valence-corrected chi connectivity index (χ3v) is 4.77. The van der Waals surface area contributed by atoms with Crippen LogP contribution in [0.25, 0.3) is 16.9 Å². The van der Waals surface area contributed by atoms with Crippen molar-refractivity contribution in [1.29, 1.82) is 5.26 Å². The van der Waals surface area contributed by atoms with Crippen LogP contribution in [0, 0.1) is 23.2 Å². The van der Waals surface area contributed by atoms with Crippen molar-refractivity contribution < 1.29 is 15.0 Å². The highest BCUT2D eigenvalue weighted by Gasteiger charge is 2.25. The van der Waals surface area contributed by atoms with Crippen molar-refractivity contribution in [2.45, 2.75) is 19.4 Å². The molecule has 8 heteroatoms. The summed E-state index contributed by atoms with van der Waals surface area (Å²) in [4.78, 5) is 11.7. The number of aliphatic hydroxyl groups excluding tert-OH is 1. The van der Waals surface area contributed by atoms with E-state index in [1.54, 1.807) is 36.4 Å². The Labute approximate surface area is 182 Å². The zero-order valence-corrected chi connectivity index (χ0v) is 17.1. The van der Waals surface area contributed by atoms with E-state index >= 15 is 0 Å². The summed E-state index contributed by atoms with van der Waals surface area (Å²) < 4.78 is 1.39. The molecule has 0 aliphatic heterocycles. The minimum atomic E-state index is -1.26. The number of halogens is 2. The number of aromatic carboxylic acids is 1. The van der Waals surface area contributed by atoms with Gasteiger partial charge in [-0.2, -0.15) is 10.4 Å². The van der Waals surface area contributed by atoms with Gasteiger partial charge in [-0.3, -0.25) is 0 Å². The van der Waals surface area contributed by atoms with E-state index in [0.717, 1.165) is 5.56 Å². The molecule has 150 valence electrons. The largest absolute Gasteiger partial charge is 0.476 e. The van der Waals surface area contributed by atoms with Gasteiger partial charge < -0.3 is 10.2 Å². The summed E-state index contributed by atoms with van der Waals surface area (Å²) in [6.45, 7) is -0.516. The number of nitriles is 1. The summed E-state index contributed by atoms with van der Waals surface area (Å²) in [6.07, 6.45) is 0.848. The Morgan fingerprint density at radius 3 is 2.47 bits per heavy atom. The fourth-order valence-electron chi connectivity index (χ4n) is 2.89. The molecule has 2 aromatic carbocycles. The average Bonchev–Trinajstić information content (AvgIpc) is 3.11. The molecule has 0 saturated heterocycles. The first-order valence-electron chi connectivity index (χ1n) is 8.84. The highest BCUT2D eigenvalue weighted by molar-refractivity contribution is 6.35. The summed E-state index contributed by atoms with van der Waals surface area (Å²) >= 11 is 12.3. The number of nitrogens with zero attached hydrogens (tertiary/aromatic N) is 3. The summed E-state index contributed by atoms with van der Waals surface area (Å²) in [6, 6.07) is 13.9. The number of aliphatic hydroxyl groups is 1. The van der Waals surface area contributed by atoms with Crippen molar-refractivity contribution in [1.82, 2.24) is 9.78 Å². The molecule has 0 amide bonds. The number of hydrogen-bond acceptors (Lipinski definition) is 4. The maximum Gasteiger partial charge on any atom is 0.356 e. The van der Waals surface area contributed by atoms with Crippen molar-refractivity contribution in [3.63, 3.8) is 0 Å². The van der Waals surface area contributed by atoms with E-state index in [1.807, 2.05) is 6.07 Å². The smallest absolute Gasteiger partial charge is 0.356 e. The van der Waals surface area contributed by atoms with Gasteiger partial charge in [0.2, 0.25) is 0 Å². The molecular weight excluding hydrogens is 425 g/mol. The molecule has 0 bridgehead atoms. The maximum atomic E-state index is 11.7. The Morgan fingerprint density at radius 1 is 1.13 bits per heavy atom. The van der Waals surface area contributed by atoms with Crippen LogP contribution in [0.4, 0.5) is 0 Å². The summed E-state index contributed by atoms with van der Waals surface area (Å²) in [5, 5.41) is 32.9. The van der Waals surface area contributed by atoms with Gasteiger partial charge in [0, 0.05) is 34.6 Å².